The number of carbonyl (C=O) groups excluding carboxylic acids is 1. The third kappa shape index (κ3) is 5.20. The molecule has 9 heteroatoms. The maximum Gasteiger partial charge on any atom is 0.339 e. The van der Waals surface area contributed by atoms with Crippen molar-refractivity contribution in [2.45, 2.75) is 4.90 Å². The van der Waals surface area contributed by atoms with Gasteiger partial charge in [-0.1, -0.05) is 27.5 Å². The molecule has 0 spiro atoms. The Labute approximate surface area is 165 Å². The summed E-state index contributed by atoms with van der Waals surface area (Å²) in [5.74, 6) is -0.0773. The lowest BCUT2D eigenvalue weighted by molar-refractivity contribution is 0.0450. The lowest BCUT2D eigenvalue weighted by Gasteiger charge is -2.13. The Morgan fingerprint density at radius 1 is 1.12 bits per heavy atom. The van der Waals surface area contributed by atoms with Gasteiger partial charge in [0, 0.05) is 18.6 Å². The normalized spacial score (nSPS) is 11.4. The standard InChI is InChI=1S/C17H17BrClNO5S/c1-20(2)26(22,23)14-7-8-16(19)15(11-14)17(21)25-10-9-24-13-5-3-12(18)4-6-13/h3-8,11H,9-10H2,1-2H3. The van der Waals surface area contributed by atoms with E-state index >= 15 is 0 Å². The Morgan fingerprint density at radius 3 is 2.38 bits per heavy atom. The van der Waals surface area contributed by atoms with Gasteiger partial charge >= 0.3 is 5.97 Å². The molecular formula is C17H17BrClNO5S. The molecule has 0 aliphatic heterocycles. The number of hydrogen-bond acceptors (Lipinski definition) is 5. The van der Waals surface area contributed by atoms with Gasteiger partial charge in [-0.15, -0.1) is 0 Å². The van der Waals surface area contributed by atoms with Gasteiger partial charge in [0.25, 0.3) is 0 Å². The third-order valence-electron chi connectivity index (χ3n) is 3.34. The highest BCUT2D eigenvalue weighted by Crippen LogP contribution is 2.23. The average Bonchev–Trinajstić information content (AvgIpc) is 2.60. The van der Waals surface area contributed by atoms with Crippen molar-refractivity contribution in [2.75, 3.05) is 27.3 Å². The third-order valence-corrected chi connectivity index (χ3v) is 6.00. The van der Waals surface area contributed by atoms with E-state index in [2.05, 4.69) is 15.9 Å². The van der Waals surface area contributed by atoms with E-state index < -0.39 is 16.0 Å². The van der Waals surface area contributed by atoms with E-state index in [4.69, 9.17) is 21.1 Å². The van der Waals surface area contributed by atoms with E-state index in [0.29, 0.717) is 5.75 Å². The van der Waals surface area contributed by atoms with Gasteiger partial charge in [0.15, 0.2) is 0 Å². The van der Waals surface area contributed by atoms with Crippen LogP contribution in [0, 0.1) is 0 Å². The molecule has 0 bridgehead atoms. The fourth-order valence-corrected chi connectivity index (χ4v) is 3.32. The summed E-state index contributed by atoms with van der Waals surface area (Å²) < 4.78 is 36.9. The number of benzene rings is 2. The zero-order valence-corrected chi connectivity index (χ0v) is 17.3. The Bertz CT molecular complexity index is 885. The maximum absolute atomic E-state index is 12.2. The zero-order valence-electron chi connectivity index (χ0n) is 14.1. The topological polar surface area (TPSA) is 72.9 Å². The summed E-state index contributed by atoms with van der Waals surface area (Å²) in [4.78, 5) is 12.2. The van der Waals surface area contributed by atoms with Crippen molar-refractivity contribution in [3.05, 3.63) is 57.5 Å². The second-order valence-electron chi connectivity index (χ2n) is 5.37. The molecule has 140 valence electrons. The molecule has 0 aliphatic carbocycles. The minimum Gasteiger partial charge on any atom is -0.490 e. The van der Waals surface area contributed by atoms with Gasteiger partial charge in [0.05, 0.1) is 15.5 Å². The van der Waals surface area contributed by atoms with Crippen LogP contribution >= 0.6 is 27.5 Å². The molecule has 0 heterocycles. The summed E-state index contributed by atoms with van der Waals surface area (Å²) in [5, 5.41) is 0.113. The van der Waals surface area contributed by atoms with Gasteiger partial charge in [0.2, 0.25) is 10.0 Å². The van der Waals surface area contributed by atoms with Crippen molar-refractivity contribution < 1.29 is 22.7 Å². The van der Waals surface area contributed by atoms with Gasteiger partial charge in [-0.25, -0.2) is 17.5 Å². The van der Waals surface area contributed by atoms with Crippen LogP contribution in [-0.4, -0.2) is 46.0 Å². The maximum atomic E-state index is 12.2. The molecule has 0 N–H and O–H groups in total. The number of hydrogen-bond donors (Lipinski definition) is 0. The van der Waals surface area contributed by atoms with Gasteiger partial charge in [0.1, 0.15) is 19.0 Å². The van der Waals surface area contributed by atoms with Crippen LogP contribution in [0.25, 0.3) is 0 Å². The number of sulfonamides is 1. The Hall–Kier alpha value is -1.61. The molecule has 0 amide bonds. The molecular weight excluding hydrogens is 446 g/mol. The molecule has 6 nitrogen and oxygen atoms in total. The number of ether oxygens (including phenoxy) is 2. The van der Waals surface area contributed by atoms with Crippen molar-refractivity contribution in [1.82, 2.24) is 4.31 Å². The van der Waals surface area contributed by atoms with Crippen LogP contribution in [0.15, 0.2) is 51.8 Å². The summed E-state index contributed by atoms with van der Waals surface area (Å²) in [6.45, 7) is 0.149. The van der Waals surface area contributed by atoms with Crippen molar-refractivity contribution >= 4 is 43.5 Å². The molecule has 0 atom stereocenters. The average molecular weight is 463 g/mol. The quantitative estimate of drug-likeness (QED) is 0.464. The molecule has 2 rings (SSSR count). The molecule has 0 unspecified atom stereocenters. The van der Waals surface area contributed by atoms with E-state index in [9.17, 15) is 13.2 Å². The van der Waals surface area contributed by atoms with Crippen LogP contribution in [0.3, 0.4) is 0 Å². The fraction of sp³-hybridized carbons (Fsp3) is 0.235. The van der Waals surface area contributed by atoms with E-state index in [1.54, 1.807) is 12.1 Å². The first kappa shape index (κ1) is 20.7. The molecule has 0 radical (unpaired) electrons. The minimum absolute atomic E-state index is 0.00408. The first-order chi connectivity index (χ1) is 12.2. The summed E-state index contributed by atoms with van der Waals surface area (Å²) in [5.41, 5.74) is -0.0155. The van der Waals surface area contributed by atoms with E-state index in [1.165, 1.54) is 32.3 Å². The van der Waals surface area contributed by atoms with Gasteiger partial charge in [-0.3, -0.25) is 0 Å². The van der Waals surface area contributed by atoms with Gasteiger partial charge < -0.3 is 9.47 Å². The van der Waals surface area contributed by atoms with Crippen LogP contribution in [0.1, 0.15) is 10.4 Å². The lowest BCUT2D eigenvalue weighted by atomic mass is 10.2. The van der Waals surface area contributed by atoms with E-state index in [0.717, 1.165) is 8.78 Å². The summed E-state index contributed by atoms with van der Waals surface area (Å²) in [6.07, 6.45) is 0. The summed E-state index contributed by atoms with van der Waals surface area (Å²) in [7, 11) is -0.868. The largest absolute Gasteiger partial charge is 0.490 e. The van der Waals surface area contributed by atoms with Crippen LogP contribution < -0.4 is 4.74 Å². The molecule has 0 aromatic heterocycles. The molecule has 0 fully saturated rings. The van der Waals surface area contributed by atoms with Crippen LogP contribution in [0.5, 0.6) is 5.75 Å². The van der Waals surface area contributed by atoms with Crippen molar-refractivity contribution in [3.63, 3.8) is 0 Å². The first-order valence-corrected chi connectivity index (χ1v) is 10.1. The predicted molar refractivity (Wildman–Crippen MR) is 102 cm³/mol. The molecule has 0 saturated carbocycles. The SMILES string of the molecule is CN(C)S(=O)(=O)c1ccc(Cl)c(C(=O)OCCOc2ccc(Br)cc2)c1. The molecule has 0 aliphatic rings. The highest BCUT2D eigenvalue weighted by molar-refractivity contribution is 9.10. The second kappa shape index (κ2) is 8.85. The number of rotatable bonds is 7. The monoisotopic (exact) mass is 461 g/mol. The van der Waals surface area contributed by atoms with Crippen LogP contribution in [0.2, 0.25) is 5.02 Å². The lowest BCUT2D eigenvalue weighted by Crippen LogP contribution is -2.22. The number of esters is 1. The highest BCUT2D eigenvalue weighted by atomic mass is 79.9. The number of carbonyl (C=O) groups is 1. The summed E-state index contributed by atoms with van der Waals surface area (Å²) >= 11 is 9.32. The van der Waals surface area contributed by atoms with Crippen LogP contribution in [-0.2, 0) is 14.8 Å². The smallest absolute Gasteiger partial charge is 0.339 e. The van der Waals surface area contributed by atoms with Gasteiger partial charge in [-0.2, -0.15) is 0 Å². The molecule has 2 aromatic rings. The second-order valence-corrected chi connectivity index (χ2v) is 8.84. The highest BCUT2D eigenvalue weighted by Gasteiger charge is 2.21. The van der Waals surface area contributed by atoms with Crippen LogP contribution in [0.4, 0.5) is 0 Å². The summed E-state index contributed by atoms with van der Waals surface area (Å²) in [6, 6.07) is 11.1. The van der Waals surface area contributed by atoms with Crippen molar-refractivity contribution in [3.8, 4) is 5.75 Å². The van der Waals surface area contributed by atoms with Crippen molar-refractivity contribution in [1.29, 1.82) is 0 Å². The number of nitrogens with zero attached hydrogens (tertiary/aromatic N) is 1. The van der Waals surface area contributed by atoms with Gasteiger partial charge in [-0.05, 0) is 42.5 Å². The fourth-order valence-electron chi connectivity index (χ4n) is 1.93. The predicted octanol–water partition coefficient (Wildman–Crippen LogP) is 3.59. The van der Waals surface area contributed by atoms with E-state index in [-0.39, 0.29) is 28.7 Å². The van der Waals surface area contributed by atoms with E-state index in [1.807, 2.05) is 12.1 Å². The minimum atomic E-state index is -3.68. The Balaban J connectivity index is 1.99. The Kier molecular flexibility index (Phi) is 7.05. The first-order valence-electron chi connectivity index (χ1n) is 7.49. The molecule has 2 aromatic carbocycles. The van der Waals surface area contributed by atoms with Crippen molar-refractivity contribution in [2.24, 2.45) is 0 Å². The molecule has 0 saturated heterocycles. The molecule has 26 heavy (non-hydrogen) atoms. The zero-order chi connectivity index (χ0) is 19.3. The number of halogens is 2. The Morgan fingerprint density at radius 2 is 1.77 bits per heavy atom.